The summed E-state index contributed by atoms with van der Waals surface area (Å²) in [5.41, 5.74) is 1.50. The summed E-state index contributed by atoms with van der Waals surface area (Å²) < 4.78 is 23.6. The maximum Gasteiger partial charge on any atom is 0.331 e. The second kappa shape index (κ2) is 10.9. The number of hydrogen-bond acceptors (Lipinski definition) is 7. The van der Waals surface area contributed by atoms with Gasteiger partial charge in [0.15, 0.2) is 9.92 Å². The van der Waals surface area contributed by atoms with Crippen molar-refractivity contribution >= 4 is 46.5 Å². The monoisotopic (exact) mass is 512 g/mol. The van der Waals surface area contributed by atoms with Crippen molar-refractivity contribution in [2.45, 2.75) is 69.8 Å². The molecule has 0 saturated heterocycles. The molecule has 8 nitrogen and oxygen atoms in total. The number of aliphatic hydroxyl groups excluding tert-OH is 1. The molecule has 1 atom stereocenters. The van der Waals surface area contributed by atoms with Crippen LogP contribution in [0.4, 0.5) is 10.5 Å². The largest absolute Gasteiger partial charge is 0.392 e. The Labute approximate surface area is 206 Å². The van der Waals surface area contributed by atoms with Crippen LogP contribution in [0.3, 0.4) is 0 Å². The maximum absolute atomic E-state index is 13.1. The van der Waals surface area contributed by atoms with Crippen molar-refractivity contribution in [3.05, 3.63) is 45.3 Å². The van der Waals surface area contributed by atoms with Gasteiger partial charge in [0.1, 0.15) is 4.21 Å². The molecular formula is C22H32N4O4S3. The van der Waals surface area contributed by atoms with Gasteiger partial charge in [0.25, 0.3) is 0 Å². The molecule has 0 spiro atoms. The number of thiophene rings is 1. The fourth-order valence-corrected chi connectivity index (χ4v) is 5.86. The van der Waals surface area contributed by atoms with E-state index in [0.29, 0.717) is 16.1 Å². The lowest BCUT2D eigenvalue weighted by atomic mass is 9.90. The summed E-state index contributed by atoms with van der Waals surface area (Å²) in [5.74, 6) is 0.00757. The zero-order chi connectivity index (χ0) is 24.4. The maximum atomic E-state index is 13.1. The Balaban J connectivity index is 0.00000544. The molecule has 2 aromatic rings. The van der Waals surface area contributed by atoms with Crippen LogP contribution >= 0.6 is 24.8 Å². The van der Waals surface area contributed by atoms with Crippen LogP contribution in [0, 0.1) is 16.1 Å². The second-order valence-electron chi connectivity index (χ2n) is 8.70. The van der Waals surface area contributed by atoms with E-state index in [9.17, 15) is 24.5 Å². The normalized spacial score (nSPS) is 13.2. The zero-order valence-electron chi connectivity index (χ0n) is 19.6. The number of carbonyl (C=O) groups is 1. The van der Waals surface area contributed by atoms with Crippen LogP contribution in [-0.4, -0.2) is 20.5 Å². The lowest BCUT2D eigenvalue weighted by Crippen LogP contribution is -2.34. The van der Waals surface area contributed by atoms with Gasteiger partial charge >= 0.3 is 6.03 Å². The van der Waals surface area contributed by atoms with Crippen LogP contribution in [0.1, 0.15) is 80.5 Å². The number of nitriles is 1. The predicted molar refractivity (Wildman–Crippen MR) is 136 cm³/mol. The van der Waals surface area contributed by atoms with Gasteiger partial charge in [-0.3, -0.25) is 0 Å². The first-order valence-corrected chi connectivity index (χ1v) is 12.5. The van der Waals surface area contributed by atoms with E-state index < -0.39 is 28.2 Å². The van der Waals surface area contributed by atoms with Crippen LogP contribution in [0.25, 0.3) is 0 Å². The van der Waals surface area contributed by atoms with Crippen LogP contribution < -0.4 is 10.0 Å². The number of rotatable bonds is 7. The summed E-state index contributed by atoms with van der Waals surface area (Å²) in [5, 5.41) is 31.9. The number of urea groups is 1. The third kappa shape index (κ3) is 6.71. The molecule has 0 bridgehead atoms. The first-order chi connectivity index (χ1) is 14.7. The minimum atomic E-state index is -3.81. The Morgan fingerprint density at radius 3 is 2.12 bits per heavy atom. The van der Waals surface area contributed by atoms with Gasteiger partial charge in [-0.15, -0.1) is 11.3 Å². The van der Waals surface area contributed by atoms with Crippen molar-refractivity contribution in [3.8, 4) is 6.07 Å². The standard InChI is InChI=1S/C22H30N4O4S2.H2S/c1-12(2)16-7-14(10-23)8-17(13(3)4)19(16)25-21(28)26-32(24,30)20-15(11-27)9-18(31-20)22(5,6)29;/h7-9,12-13,27,29H,11H2,1-6H3,(H3,24,25,26,28,30);1H2. The smallest absolute Gasteiger partial charge is 0.331 e. The number of amides is 2. The van der Waals surface area contributed by atoms with E-state index in [-0.39, 0.29) is 35.1 Å². The first kappa shape index (κ1) is 28.9. The minimum Gasteiger partial charge on any atom is -0.392 e. The molecule has 1 aromatic heterocycles. The van der Waals surface area contributed by atoms with Gasteiger partial charge in [0.05, 0.1) is 23.8 Å². The summed E-state index contributed by atoms with van der Waals surface area (Å²) in [4.78, 5) is 13.2. The van der Waals surface area contributed by atoms with Crippen LogP contribution in [0.2, 0.25) is 0 Å². The molecule has 182 valence electrons. The molecule has 0 fully saturated rings. The highest BCUT2D eigenvalue weighted by Gasteiger charge is 2.27. The molecule has 0 aliphatic carbocycles. The van der Waals surface area contributed by atoms with Gasteiger partial charge in [-0.05, 0) is 55.0 Å². The Bertz CT molecular complexity index is 1130. The third-order valence-electron chi connectivity index (χ3n) is 4.85. The topological polar surface area (TPSA) is 146 Å². The molecule has 11 heteroatoms. The summed E-state index contributed by atoms with van der Waals surface area (Å²) >= 11 is 0.916. The molecule has 2 amide bonds. The van der Waals surface area contributed by atoms with Gasteiger partial charge in [0.2, 0.25) is 0 Å². The molecule has 0 saturated carbocycles. The number of carbonyl (C=O) groups excluding carboxylic acids is 1. The Kier molecular flexibility index (Phi) is 9.54. The first-order valence-electron chi connectivity index (χ1n) is 10.1. The predicted octanol–water partition coefficient (Wildman–Crippen LogP) is 4.84. The molecule has 1 unspecified atom stereocenters. The SMILES string of the molecule is CC(C)c1cc(C#N)cc(C(C)C)c1NC(=O)NS(=N)(=O)c1sc(C(C)(C)O)cc1CO.S. The molecule has 33 heavy (non-hydrogen) atoms. The molecule has 0 aliphatic heterocycles. The fourth-order valence-electron chi connectivity index (χ4n) is 3.19. The molecule has 0 aliphatic rings. The van der Waals surface area contributed by atoms with Crippen molar-refractivity contribution in [3.63, 3.8) is 0 Å². The number of nitrogens with one attached hydrogen (secondary N) is 3. The van der Waals surface area contributed by atoms with E-state index in [2.05, 4.69) is 16.1 Å². The van der Waals surface area contributed by atoms with E-state index in [1.807, 2.05) is 27.7 Å². The van der Waals surface area contributed by atoms with Crippen molar-refractivity contribution < 1.29 is 19.2 Å². The van der Waals surface area contributed by atoms with E-state index in [1.165, 1.54) is 6.07 Å². The number of nitrogens with zero attached hydrogens (tertiary/aromatic N) is 1. The summed E-state index contributed by atoms with van der Waals surface area (Å²) in [6.07, 6.45) is 0. The average molecular weight is 513 g/mol. The highest BCUT2D eigenvalue weighted by Crippen LogP contribution is 2.36. The van der Waals surface area contributed by atoms with E-state index in [1.54, 1.807) is 26.0 Å². The molecule has 1 heterocycles. The van der Waals surface area contributed by atoms with E-state index in [4.69, 9.17) is 4.78 Å². The highest BCUT2D eigenvalue weighted by atomic mass is 32.2. The highest BCUT2D eigenvalue weighted by molar-refractivity contribution is 7.93. The van der Waals surface area contributed by atoms with Crippen molar-refractivity contribution in [2.24, 2.45) is 0 Å². The van der Waals surface area contributed by atoms with Gasteiger partial charge in [-0.25, -0.2) is 18.5 Å². The molecule has 5 N–H and O–H groups in total. The van der Waals surface area contributed by atoms with Crippen LogP contribution in [-0.2, 0) is 22.1 Å². The Morgan fingerprint density at radius 1 is 1.21 bits per heavy atom. The van der Waals surface area contributed by atoms with Crippen molar-refractivity contribution in [1.29, 1.82) is 10.0 Å². The van der Waals surface area contributed by atoms with Crippen molar-refractivity contribution in [2.75, 3.05) is 5.32 Å². The number of benzene rings is 1. The summed E-state index contributed by atoms with van der Waals surface area (Å²) in [6, 6.07) is 6.22. The fraction of sp³-hybridized carbons (Fsp3) is 0.455. The Hall–Kier alpha value is -2.10. The lowest BCUT2D eigenvalue weighted by Gasteiger charge is -2.21. The van der Waals surface area contributed by atoms with E-state index >= 15 is 0 Å². The van der Waals surface area contributed by atoms with Gasteiger partial charge < -0.3 is 15.5 Å². The Morgan fingerprint density at radius 2 is 1.73 bits per heavy atom. The van der Waals surface area contributed by atoms with Crippen molar-refractivity contribution in [1.82, 2.24) is 4.72 Å². The summed E-state index contributed by atoms with van der Waals surface area (Å²) in [7, 11) is -3.81. The molecular weight excluding hydrogens is 480 g/mol. The number of aliphatic hydroxyl groups is 2. The molecule has 0 radical (unpaired) electrons. The van der Waals surface area contributed by atoms with Crippen LogP contribution in [0.15, 0.2) is 22.4 Å². The van der Waals surface area contributed by atoms with Crippen LogP contribution in [0.5, 0.6) is 0 Å². The molecule has 2 rings (SSSR count). The number of hydrogen-bond donors (Lipinski definition) is 5. The van der Waals surface area contributed by atoms with Gasteiger partial charge in [0, 0.05) is 16.1 Å². The average Bonchev–Trinajstić information content (AvgIpc) is 3.13. The zero-order valence-corrected chi connectivity index (χ0v) is 22.2. The second-order valence-corrected chi connectivity index (χ2v) is 11.7. The lowest BCUT2D eigenvalue weighted by molar-refractivity contribution is 0.0824. The number of anilines is 1. The van der Waals surface area contributed by atoms with Gasteiger partial charge in [-0.2, -0.15) is 18.8 Å². The van der Waals surface area contributed by atoms with E-state index in [0.717, 1.165) is 22.5 Å². The third-order valence-corrected chi connectivity index (χ3v) is 8.35. The quantitative estimate of drug-likeness (QED) is 0.360. The van der Waals surface area contributed by atoms with Gasteiger partial charge in [-0.1, -0.05) is 27.7 Å². The minimum absolute atomic E-state index is 0. The molecule has 1 aromatic carbocycles. The summed E-state index contributed by atoms with van der Waals surface area (Å²) in [6.45, 7) is 10.4.